The Morgan fingerprint density at radius 3 is 3.11 bits per heavy atom. The smallest absolute Gasteiger partial charge is 0.264 e. The minimum absolute atomic E-state index is 0.00714. The third kappa shape index (κ3) is 2.68. The van der Waals surface area contributed by atoms with Crippen molar-refractivity contribution in [3.05, 3.63) is 21.4 Å². The summed E-state index contributed by atoms with van der Waals surface area (Å²) in [5.41, 5.74) is 7.02. The Labute approximate surface area is 117 Å². The van der Waals surface area contributed by atoms with Crippen LogP contribution < -0.4 is 5.73 Å². The topological polar surface area (TPSA) is 55.6 Å². The van der Waals surface area contributed by atoms with Crippen LogP contribution in [0.5, 0.6) is 0 Å². The zero-order valence-electron chi connectivity index (χ0n) is 11.1. The van der Waals surface area contributed by atoms with Gasteiger partial charge < -0.3 is 15.4 Å². The van der Waals surface area contributed by atoms with Crippen LogP contribution >= 0.6 is 11.3 Å². The number of amides is 1. The summed E-state index contributed by atoms with van der Waals surface area (Å²) in [5.74, 6) is 0.154. The van der Waals surface area contributed by atoms with Crippen molar-refractivity contribution in [2.24, 2.45) is 5.73 Å². The lowest BCUT2D eigenvalue weighted by molar-refractivity contribution is -0.0165. The van der Waals surface area contributed by atoms with Crippen LogP contribution in [0.2, 0.25) is 0 Å². The van der Waals surface area contributed by atoms with Crippen molar-refractivity contribution in [1.29, 1.82) is 0 Å². The van der Waals surface area contributed by atoms with Crippen molar-refractivity contribution in [2.45, 2.75) is 31.8 Å². The van der Waals surface area contributed by atoms with Gasteiger partial charge in [-0.3, -0.25) is 4.79 Å². The number of hydrogen-bond acceptors (Lipinski definition) is 4. The van der Waals surface area contributed by atoms with Crippen LogP contribution in [0.15, 0.2) is 6.07 Å². The summed E-state index contributed by atoms with van der Waals surface area (Å²) in [4.78, 5) is 16.7. The number of nitrogens with two attached hydrogens (primary N) is 1. The van der Waals surface area contributed by atoms with E-state index >= 15 is 0 Å². The fraction of sp³-hybridized carbons (Fsp3) is 0.643. The van der Waals surface area contributed by atoms with E-state index in [0.717, 1.165) is 17.7 Å². The van der Waals surface area contributed by atoms with E-state index in [9.17, 15) is 4.79 Å². The van der Waals surface area contributed by atoms with E-state index in [2.05, 4.69) is 6.07 Å². The summed E-state index contributed by atoms with van der Waals surface area (Å²) in [7, 11) is 0. The van der Waals surface area contributed by atoms with Gasteiger partial charge in [0.2, 0.25) is 0 Å². The molecule has 0 spiro atoms. The molecule has 104 valence electrons. The van der Waals surface area contributed by atoms with Gasteiger partial charge in [-0.1, -0.05) is 0 Å². The zero-order chi connectivity index (χ0) is 13.2. The standard InChI is InChI=1S/C14H20N2O2S/c15-8-11-9-16(5-6-18-11)14(17)13-7-10-3-1-2-4-12(10)19-13/h7,11H,1-6,8-9,15H2. The van der Waals surface area contributed by atoms with Gasteiger partial charge in [-0.05, 0) is 37.3 Å². The van der Waals surface area contributed by atoms with Crippen LogP contribution in [-0.4, -0.2) is 43.2 Å². The molecule has 0 radical (unpaired) electrons. The SMILES string of the molecule is NCC1CN(C(=O)c2cc3c(s2)CCCC3)CCO1. The van der Waals surface area contributed by atoms with Crippen LogP contribution in [-0.2, 0) is 17.6 Å². The summed E-state index contributed by atoms with van der Waals surface area (Å²) in [6.45, 7) is 2.37. The predicted molar refractivity (Wildman–Crippen MR) is 75.7 cm³/mol. The number of rotatable bonds is 2. The highest BCUT2D eigenvalue weighted by Gasteiger charge is 2.26. The molecular weight excluding hydrogens is 260 g/mol. The second-order valence-electron chi connectivity index (χ2n) is 5.25. The van der Waals surface area contributed by atoms with Crippen LogP contribution in [0.1, 0.15) is 33.0 Å². The van der Waals surface area contributed by atoms with Crippen LogP contribution in [0, 0.1) is 0 Å². The lowest BCUT2D eigenvalue weighted by atomic mass is 9.99. The molecule has 1 aliphatic heterocycles. The molecule has 2 heterocycles. The van der Waals surface area contributed by atoms with Gasteiger partial charge in [0.05, 0.1) is 17.6 Å². The van der Waals surface area contributed by atoms with E-state index in [0.29, 0.717) is 26.2 Å². The number of aryl methyl sites for hydroxylation is 2. The quantitative estimate of drug-likeness (QED) is 0.891. The third-order valence-electron chi connectivity index (χ3n) is 3.90. The normalized spacial score (nSPS) is 23.2. The Morgan fingerprint density at radius 1 is 1.47 bits per heavy atom. The van der Waals surface area contributed by atoms with Gasteiger partial charge in [-0.25, -0.2) is 0 Å². The molecule has 4 nitrogen and oxygen atoms in total. The number of fused-ring (bicyclic) bond motifs is 1. The van der Waals surface area contributed by atoms with Crippen molar-refractivity contribution < 1.29 is 9.53 Å². The van der Waals surface area contributed by atoms with Gasteiger partial charge in [-0.15, -0.1) is 11.3 Å². The molecule has 3 rings (SSSR count). The monoisotopic (exact) mass is 280 g/mol. The highest BCUT2D eigenvalue weighted by Crippen LogP contribution is 2.30. The molecule has 0 bridgehead atoms. The molecular formula is C14H20N2O2S. The second-order valence-corrected chi connectivity index (χ2v) is 6.38. The van der Waals surface area contributed by atoms with E-state index < -0.39 is 0 Å². The molecule has 1 saturated heterocycles. The Bertz CT molecular complexity index is 449. The number of nitrogens with zero attached hydrogens (tertiary/aromatic N) is 1. The fourth-order valence-electron chi connectivity index (χ4n) is 2.80. The van der Waals surface area contributed by atoms with Crippen molar-refractivity contribution in [1.82, 2.24) is 4.90 Å². The minimum Gasteiger partial charge on any atom is -0.373 e. The molecule has 1 aliphatic carbocycles. The average Bonchev–Trinajstić information content (AvgIpc) is 2.90. The fourth-order valence-corrected chi connectivity index (χ4v) is 4.02. The first kappa shape index (κ1) is 13.1. The number of hydrogen-bond donors (Lipinski definition) is 1. The van der Waals surface area contributed by atoms with Crippen molar-refractivity contribution in [3.8, 4) is 0 Å². The molecule has 0 aromatic carbocycles. The van der Waals surface area contributed by atoms with Crippen LogP contribution in [0.25, 0.3) is 0 Å². The molecule has 1 amide bonds. The van der Waals surface area contributed by atoms with Crippen molar-refractivity contribution in [3.63, 3.8) is 0 Å². The molecule has 1 fully saturated rings. The first-order valence-electron chi connectivity index (χ1n) is 7.00. The molecule has 19 heavy (non-hydrogen) atoms. The molecule has 1 atom stereocenters. The van der Waals surface area contributed by atoms with Crippen LogP contribution in [0.3, 0.4) is 0 Å². The number of carbonyl (C=O) groups excluding carboxylic acids is 1. The zero-order valence-corrected chi connectivity index (χ0v) is 11.9. The predicted octanol–water partition coefficient (Wildman–Crippen LogP) is 1.43. The third-order valence-corrected chi connectivity index (χ3v) is 5.12. The summed E-state index contributed by atoms with van der Waals surface area (Å²) in [6, 6.07) is 2.11. The summed E-state index contributed by atoms with van der Waals surface area (Å²) < 4.78 is 5.51. The van der Waals surface area contributed by atoms with E-state index in [1.54, 1.807) is 11.3 Å². The average molecular weight is 280 g/mol. The summed E-state index contributed by atoms with van der Waals surface area (Å²) in [5, 5.41) is 0. The van der Waals surface area contributed by atoms with Gasteiger partial charge in [0.15, 0.2) is 0 Å². The molecule has 0 saturated carbocycles. The molecule has 1 aromatic rings. The van der Waals surface area contributed by atoms with Gasteiger partial charge in [0.25, 0.3) is 5.91 Å². The second kappa shape index (κ2) is 5.61. The Hall–Kier alpha value is -0.910. The maximum atomic E-state index is 12.5. The van der Waals surface area contributed by atoms with Crippen molar-refractivity contribution in [2.75, 3.05) is 26.2 Å². The van der Waals surface area contributed by atoms with Gasteiger partial charge in [0, 0.05) is 24.5 Å². The minimum atomic E-state index is -0.00714. The summed E-state index contributed by atoms with van der Waals surface area (Å²) >= 11 is 1.68. The van der Waals surface area contributed by atoms with Gasteiger partial charge >= 0.3 is 0 Å². The molecule has 2 N–H and O–H groups in total. The number of ether oxygens (including phenoxy) is 1. The molecule has 1 aromatic heterocycles. The highest BCUT2D eigenvalue weighted by atomic mass is 32.1. The number of thiophene rings is 1. The Morgan fingerprint density at radius 2 is 2.32 bits per heavy atom. The maximum Gasteiger partial charge on any atom is 0.264 e. The highest BCUT2D eigenvalue weighted by molar-refractivity contribution is 7.14. The largest absolute Gasteiger partial charge is 0.373 e. The van der Waals surface area contributed by atoms with E-state index in [4.69, 9.17) is 10.5 Å². The maximum absolute atomic E-state index is 12.5. The number of carbonyl (C=O) groups is 1. The van der Waals surface area contributed by atoms with E-state index in [1.165, 1.54) is 23.3 Å². The Balaban J connectivity index is 1.74. The first-order chi connectivity index (χ1) is 9.28. The molecule has 1 unspecified atom stereocenters. The van der Waals surface area contributed by atoms with Crippen molar-refractivity contribution >= 4 is 17.2 Å². The Kier molecular flexibility index (Phi) is 3.86. The molecule has 2 aliphatic rings. The first-order valence-corrected chi connectivity index (χ1v) is 7.82. The van der Waals surface area contributed by atoms with Crippen LogP contribution in [0.4, 0.5) is 0 Å². The lowest BCUT2D eigenvalue weighted by Crippen LogP contribution is -2.48. The van der Waals surface area contributed by atoms with E-state index in [1.807, 2.05) is 4.90 Å². The number of morpholine rings is 1. The molecule has 5 heteroatoms. The summed E-state index contributed by atoms with van der Waals surface area (Å²) in [6.07, 6.45) is 4.78. The van der Waals surface area contributed by atoms with Gasteiger partial charge in [-0.2, -0.15) is 0 Å². The van der Waals surface area contributed by atoms with E-state index in [-0.39, 0.29) is 12.0 Å². The van der Waals surface area contributed by atoms with Gasteiger partial charge in [0.1, 0.15) is 0 Å². The lowest BCUT2D eigenvalue weighted by Gasteiger charge is -2.32.